The molecule has 2 fully saturated rings. The van der Waals surface area contributed by atoms with E-state index in [0.717, 1.165) is 18.4 Å². The van der Waals surface area contributed by atoms with Gasteiger partial charge in [0.2, 0.25) is 6.79 Å². The summed E-state index contributed by atoms with van der Waals surface area (Å²) >= 11 is 0. The number of cyclic esters (lactones) is 1. The highest BCUT2D eigenvalue weighted by Gasteiger charge is 2.39. The van der Waals surface area contributed by atoms with Gasteiger partial charge in [-0.15, -0.1) is 0 Å². The molecule has 1 amide bonds. The Morgan fingerprint density at radius 2 is 1.83 bits per heavy atom. The van der Waals surface area contributed by atoms with Crippen LogP contribution in [0.4, 0.5) is 4.39 Å². The van der Waals surface area contributed by atoms with E-state index in [1.807, 2.05) is 0 Å². The van der Waals surface area contributed by atoms with Crippen molar-refractivity contribution in [3.63, 3.8) is 0 Å². The van der Waals surface area contributed by atoms with Crippen LogP contribution in [0.5, 0.6) is 11.5 Å². The van der Waals surface area contributed by atoms with E-state index in [1.54, 1.807) is 19.1 Å². The van der Waals surface area contributed by atoms with Crippen molar-refractivity contribution in [2.75, 3.05) is 13.9 Å². The number of halogens is 1. The number of nitrogens with zero attached hydrogens (tertiary/aromatic N) is 1. The molecule has 4 rings (SSSR count). The summed E-state index contributed by atoms with van der Waals surface area (Å²) in [6, 6.07) is 6.46. The number of esters is 3. The Labute approximate surface area is 243 Å². The summed E-state index contributed by atoms with van der Waals surface area (Å²) in [5.41, 5.74) is 0.638. The van der Waals surface area contributed by atoms with Crippen molar-refractivity contribution in [1.29, 1.82) is 0 Å². The minimum absolute atomic E-state index is 0.0602. The molecule has 0 unspecified atom stereocenters. The van der Waals surface area contributed by atoms with Crippen LogP contribution in [-0.2, 0) is 35.0 Å². The number of pyridine rings is 1. The molecule has 0 spiro atoms. The number of carbonyl (C=O) groups excluding carboxylic acids is 4. The number of benzene rings is 1. The molecule has 226 valence electrons. The maximum absolute atomic E-state index is 13.5. The number of ether oxygens (including phenoxy) is 5. The van der Waals surface area contributed by atoms with Gasteiger partial charge in [0.15, 0.2) is 17.2 Å². The van der Waals surface area contributed by atoms with Gasteiger partial charge in [0, 0.05) is 25.1 Å². The lowest BCUT2D eigenvalue weighted by molar-refractivity contribution is -0.162. The smallest absolute Gasteiger partial charge is 0.328 e. The van der Waals surface area contributed by atoms with E-state index in [1.165, 1.54) is 38.4 Å². The first-order valence-corrected chi connectivity index (χ1v) is 13.9. The van der Waals surface area contributed by atoms with Crippen LogP contribution in [0.2, 0.25) is 0 Å². The number of methoxy groups -OCH3 is 1. The maximum Gasteiger partial charge on any atom is 0.328 e. The predicted molar refractivity (Wildman–Crippen MR) is 145 cm³/mol. The molecule has 1 saturated carbocycles. The van der Waals surface area contributed by atoms with Gasteiger partial charge in [0.1, 0.15) is 24.1 Å². The first-order valence-electron chi connectivity index (χ1n) is 13.9. The second-order valence-electron chi connectivity index (χ2n) is 10.4. The first kappa shape index (κ1) is 30.7. The van der Waals surface area contributed by atoms with Crippen LogP contribution in [0, 0.1) is 17.7 Å². The van der Waals surface area contributed by atoms with Crippen molar-refractivity contribution in [2.45, 2.75) is 70.6 Å². The number of rotatable bonds is 10. The third-order valence-electron chi connectivity index (χ3n) is 7.29. The number of hydrogen-bond donors (Lipinski definition) is 1. The van der Waals surface area contributed by atoms with Crippen LogP contribution in [0.1, 0.15) is 62.0 Å². The summed E-state index contributed by atoms with van der Waals surface area (Å²) in [7, 11) is 1.38. The van der Waals surface area contributed by atoms with Crippen LogP contribution >= 0.6 is 0 Å². The molecular formula is C30H35FN2O9. The van der Waals surface area contributed by atoms with E-state index in [9.17, 15) is 23.6 Å². The molecule has 1 N–H and O–H groups in total. The maximum atomic E-state index is 13.5. The summed E-state index contributed by atoms with van der Waals surface area (Å²) in [4.78, 5) is 54.5. The molecule has 4 atom stereocenters. The summed E-state index contributed by atoms with van der Waals surface area (Å²) < 4.78 is 40.8. The topological polar surface area (TPSA) is 139 Å². The van der Waals surface area contributed by atoms with E-state index >= 15 is 0 Å². The molecule has 1 aliphatic carbocycles. The van der Waals surface area contributed by atoms with E-state index in [0.29, 0.717) is 19.3 Å². The Morgan fingerprint density at radius 1 is 1.10 bits per heavy atom. The van der Waals surface area contributed by atoms with Crippen LogP contribution in [0.25, 0.3) is 0 Å². The zero-order chi connectivity index (χ0) is 30.2. The molecule has 2 aromatic rings. The molecule has 42 heavy (non-hydrogen) atoms. The Hall–Kier alpha value is -4.22. The molecule has 1 aromatic carbocycles. The van der Waals surface area contributed by atoms with Crippen LogP contribution in [-0.4, -0.2) is 61.0 Å². The second kappa shape index (κ2) is 14.1. The monoisotopic (exact) mass is 586 g/mol. The van der Waals surface area contributed by atoms with Gasteiger partial charge in [-0.3, -0.25) is 14.4 Å². The van der Waals surface area contributed by atoms with Crippen molar-refractivity contribution in [3.05, 3.63) is 53.6 Å². The van der Waals surface area contributed by atoms with Gasteiger partial charge in [-0.2, -0.15) is 0 Å². The molecular weight excluding hydrogens is 551 g/mol. The Kier molecular flexibility index (Phi) is 10.3. The highest BCUT2D eigenvalue weighted by molar-refractivity contribution is 5.98. The molecule has 2 heterocycles. The fourth-order valence-electron chi connectivity index (χ4n) is 4.83. The van der Waals surface area contributed by atoms with Crippen LogP contribution < -0.4 is 14.8 Å². The van der Waals surface area contributed by atoms with Gasteiger partial charge in [0.25, 0.3) is 5.91 Å². The number of carbonyl (C=O) groups is 4. The normalized spacial score (nSPS) is 22.4. The van der Waals surface area contributed by atoms with Gasteiger partial charge in [0.05, 0.1) is 13.0 Å². The molecule has 0 radical (unpaired) electrons. The van der Waals surface area contributed by atoms with Crippen molar-refractivity contribution in [1.82, 2.24) is 10.3 Å². The van der Waals surface area contributed by atoms with E-state index < -0.39 is 48.8 Å². The molecule has 1 aliphatic heterocycles. The number of amides is 1. The van der Waals surface area contributed by atoms with Crippen LogP contribution in [0.15, 0.2) is 36.5 Å². The van der Waals surface area contributed by atoms with Gasteiger partial charge >= 0.3 is 17.9 Å². The average molecular weight is 587 g/mol. The third-order valence-corrected chi connectivity index (χ3v) is 7.29. The summed E-state index contributed by atoms with van der Waals surface area (Å²) in [6.07, 6.45) is 3.18. The Morgan fingerprint density at radius 3 is 2.50 bits per heavy atom. The Bertz CT molecular complexity index is 1280. The van der Waals surface area contributed by atoms with Crippen molar-refractivity contribution >= 4 is 23.8 Å². The molecule has 2 aliphatic rings. The number of nitrogens with one attached hydrogen (secondary N) is 1. The van der Waals surface area contributed by atoms with Gasteiger partial charge in [-0.1, -0.05) is 12.1 Å². The fraction of sp³-hybridized carbons (Fsp3) is 0.500. The van der Waals surface area contributed by atoms with E-state index in [4.69, 9.17) is 23.7 Å². The standard InChI is InChI=1S/C30H35FN2O9/c1-17-22(15-19-7-11-21(31)12-8-19)24(42-29(36)20-9-10-20)6-4-5-23(30(37)41-17)33-28(35)26-27(40-16-39-18(2)34)25(38-3)13-14-32-26/h7-8,11-14,17,20,22-24H,4-6,9-10,15-16H2,1-3H3,(H,33,35)/t17-,22-,23-,24-/m0/s1. The van der Waals surface area contributed by atoms with Crippen LogP contribution in [0.3, 0.4) is 0 Å². The van der Waals surface area contributed by atoms with Gasteiger partial charge in [-0.05, 0) is 63.1 Å². The minimum atomic E-state index is -1.03. The van der Waals surface area contributed by atoms with Gasteiger partial charge < -0.3 is 29.0 Å². The van der Waals surface area contributed by atoms with Crippen molar-refractivity contribution < 1.29 is 47.3 Å². The summed E-state index contributed by atoms with van der Waals surface area (Å²) in [5, 5.41) is 2.68. The van der Waals surface area contributed by atoms with E-state index in [2.05, 4.69) is 10.3 Å². The summed E-state index contributed by atoms with van der Waals surface area (Å²) in [5.74, 6) is -2.97. The zero-order valence-corrected chi connectivity index (χ0v) is 23.8. The highest BCUT2D eigenvalue weighted by atomic mass is 19.1. The SMILES string of the molecule is COc1ccnc(C(=O)N[C@H]2CCC[C@H](OC(=O)C3CC3)[C@@H](Cc3ccc(F)cc3)[C@H](C)OC2=O)c1OCOC(C)=O. The third kappa shape index (κ3) is 8.17. The first-order chi connectivity index (χ1) is 20.2. The van der Waals surface area contributed by atoms with Crippen molar-refractivity contribution in [3.8, 4) is 11.5 Å². The summed E-state index contributed by atoms with van der Waals surface area (Å²) in [6.45, 7) is 2.46. The van der Waals surface area contributed by atoms with E-state index in [-0.39, 0.29) is 41.3 Å². The zero-order valence-electron chi connectivity index (χ0n) is 23.8. The minimum Gasteiger partial charge on any atom is -0.493 e. The highest BCUT2D eigenvalue weighted by Crippen LogP contribution is 2.34. The molecule has 0 bridgehead atoms. The number of hydrogen-bond acceptors (Lipinski definition) is 10. The second-order valence-corrected chi connectivity index (χ2v) is 10.4. The largest absolute Gasteiger partial charge is 0.493 e. The lowest BCUT2D eigenvalue weighted by Gasteiger charge is -2.31. The molecule has 12 heteroatoms. The fourth-order valence-corrected chi connectivity index (χ4v) is 4.83. The molecule has 1 saturated heterocycles. The Balaban J connectivity index is 1.52. The lowest BCUT2D eigenvalue weighted by Crippen LogP contribution is -2.44. The van der Waals surface area contributed by atoms with Crippen molar-refractivity contribution in [2.24, 2.45) is 11.8 Å². The molecule has 1 aromatic heterocycles. The molecule has 11 nitrogen and oxygen atoms in total. The quantitative estimate of drug-likeness (QED) is 0.250. The lowest BCUT2D eigenvalue weighted by atomic mass is 9.87. The number of aromatic nitrogens is 1. The van der Waals surface area contributed by atoms with Gasteiger partial charge in [-0.25, -0.2) is 14.2 Å². The predicted octanol–water partition coefficient (Wildman–Crippen LogP) is 3.52. The average Bonchev–Trinajstić information content (AvgIpc) is 3.80.